The Morgan fingerprint density at radius 1 is 1.24 bits per heavy atom. The Balaban J connectivity index is 2.50. The third-order valence-electron chi connectivity index (χ3n) is 2.49. The number of benzene rings is 1. The van der Waals surface area contributed by atoms with Crippen molar-refractivity contribution in [2.45, 2.75) is 32.2 Å². The van der Waals surface area contributed by atoms with Crippen molar-refractivity contribution in [2.75, 3.05) is 6.61 Å². The maximum absolute atomic E-state index is 12.2. The first kappa shape index (κ1) is 14.0. The minimum Gasteiger partial charge on any atom is -0.367 e. The Kier molecular flexibility index (Phi) is 4.54. The second kappa shape index (κ2) is 5.51. The number of aryl methyl sites for hydroxylation is 1. The highest BCUT2D eigenvalue weighted by atomic mass is 19.4. The van der Waals surface area contributed by atoms with Gasteiger partial charge in [-0.25, -0.2) is 0 Å². The average molecular weight is 247 g/mol. The molecule has 96 valence electrons. The molecule has 1 aromatic rings. The molecule has 2 nitrogen and oxygen atoms in total. The van der Waals surface area contributed by atoms with Crippen LogP contribution in [0.25, 0.3) is 0 Å². The maximum atomic E-state index is 12.2. The van der Waals surface area contributed by atoms with E-state index in [1.54, 1.807) is 12.1 Å². The van der Waals surface area contributed by atoms with Crippen LogP contribution in [0.4, 0.5) is 13.2 Å². The number of rotatable bonds is 4. The highest BCUT2D eigenvalue weighted by Crippen LogP contribution is 2.23. The molecule has 1 aromatic carbocycles. The Bertz CT molecular complexity index is 348. The topological polar surface area (TPSA) is 35.2 Å². The predicted octanol–water partition coefficient (Wildman–Crippen LogP) is 2.96. The van der Waals surface area contributed by atoms with Crippen LogP contribution in [0.15, 0.2) is 24.3 Å². The molecule has 0 heterocycles. The fourth-order valence-electron chi connectivity index (χ4n) is 1.25. The Morgan fingerprint density at radius 3 is 2.24 bits per heavy atom. The second-order valence-electron chi connectivity index (χ2n) is 4.03. The summed E-state index contributed by atoms with van der Waals surface area (Å²) in [6, 6.07) is 6.77. The van der Waals surface area contributed by atoms with Gasteiger partial charge in [0, 0.05) is 0 Å². The molecule has 0 aliphatic carbocycles. The van der Waals surface area contributed by atoms with Crippen molar-refractivity contribution < 1.29 is 17.9 Å². The largest absolute Gasteiger partial charge is 0.414 e. The van der Waals surface area contributed by atoms with E-state index in [0.29, 0.717) is 0 Å². The van der Waals surface area contributed by atoms with E-state index in [1.165, 1.54) is 0 Å². The number of halogens is 3. The van der Waals surface area contributed by atoms with Gasteiger partial charge in [0.1, 0.15) is 0 Å². The van der Waals surface area contributed by atoms with Crippen molar-refractivity contribution in [1.82, 2.24) is 0 Å². The molecule has 0 amide bonds. The average Bonchev–Trinajstić information content (AvgIpc) is 2.25. The van der Waals surface area contributed by atoms with Crippen LogP contribution in [-0.2, 0) is 4.74 Å². The summed E-state index contributed by atoms with van der Waals surface area (Å²) >= 11 is 0. The van der Waals surface area contributed by atoms with E-state index in [0.717, 1.165) is 18.1 Å². The lowest BCUT2D eigenvalue weighted by atomic mass is 10.1. The molecule has 2 N–H and O–H groups in total. The highest BCUT2D eigenvalue weighted by Gasteiger charge is 2.37. The van der Waals surface area contributed by atoms with Gasteiger partial charge in [-0.05, 0) is 19.4 Å². The fraction of sp³-hybridized carbons (Fsp3) is 0.500. The Morgan fingerprint density at radius 2 is 1.76 bits per heavy atom. The maximum Gasteiger partial charge on any atom is 0.414 e. The van der Waals surface area contributed by atoms with Crippen LogP contribution in [0.3, 0.4) is 0 Å². The molecule has 1 rings (SSSR count). The molecule has 0 saturated carbocycles. The third-order valence-corrected chi connectivity index (χ3v) is 2.49. The third kappa shape index (κ3) is 4.36. The van der Waals surface area contributed by atoms with Gasteiger partial charge in [0.15, 0.2) is 6.10 Å². The van der Waals surface area contributed by atoms with Gasteiger partial charge in [0.2, 0.25) is 0 Å². The summed E-state index contributed by atoms with van der Waals surface area (Å²) in [6.45, 7) is 2.75. The summed E-state index contributed by atoms with van der Waals surface area (Å²) in [4.78, 5) is 0. The highest BCUT2D eigenvalue weighted by molar-refractivity contribution is 5.23. The van der Waals surface area contributed by atoms with Crippen molar-refractivity contribution in [3.8, 4) is 0 Å². The van der Waals surface area contributed by atoms with Gasteiger partial charge >= 0.3 is 6.18 Å². The van der Waals surface area contributed by atoms with Crippen LogP contribution in [0.2, 0.25) is 0 Å². The molecule has 0 aliphatic heterocycles. The van der Waals surface area contributed by atoms with E-state index in [9.17, 15) is 13.2 Å². The molecule has 17 heavy (non-hydrogen) atoms. The number of hydrogen-bond acceptors (Lipinski definition) is 2. The van der Waals surface area contributed by atoms with Crippen LogP contribution < -0.4 is 5.73 Å². The zero-order chi connectivity index (χ0) is 13.1. The van der Waals surface area contributed by atoms with Gasteiger partial charge in [0.25, 0.3) is 0 Å². The number of alkyl halides is 3. The van der Waals surface area contributed by atoms with Crippen LogP contribution in [0, 0.1) is 6.92 Å². The van der Waals surface area contributed by atoms with Gasteiger partial charge in [0.05, 0.1) is 12.6 Å². The summed E-state index contributed by atoms with van der Waals surface area (Å²) in [7, 11) is 0. The summed E-state index contributed by atoms with van der Waals surface area (Å²) in [5.41, 5.74) is 7.59. The standard InChI is InChI=1S/C12H16F3NO/c1-8-3-5-10(6-4-8)11(16)7-17-9(2)12(13,14)15/h3-6,9,11H,7,16H2,1-2H3. The SMILES string of the molecule is Cc1ccc(C(N)COC(C)C(F)(F)F)cc1. The van der Waals surface area contributed by atoms with Crippen molar-refractivity contribution >= 4 is 0 Å². The van der Waals surface area contributed by atoms with E-state index >= 15 is 0 Å². The van der Waals surface area contributed by atoms with Gasteiger partial charge in [-0.2, -0.15) is 13.2 Å². The fourth-order valence-corrected chi connectivity index (χ4v) is 1.25. The lowest BCUT2D eigenvalue weighted by molar-refractivity contribution is -0.215. The van der Waals surface area contributed by atoms with Gasteiger partial charge in [-0.15, -0.1) is 0 Å². The molecule has 0 bridgehead atoms. The van der Waals surface area contributed by atoms with Crippen molar-refractivity contribution in [3.63, 3.8) is 0 Å². The molecule has 0 radical (unpaired) electrons. The first-order chi connectivity index (χ1) is 7.80. The summed E-state index contributed by atoms with van der Waals surface area (Å²) in [6.07, 6.45) is -6.13. The molecule has 0 aliphatic rings. The van der Waals surface area contributed by atoms with Crippen molar-refractivity contribution in [2.24, 2.45) is 5.73 Å². The zero-order valence-electron chi connectivity index (χ0n) is 9.79. The Labute approximate surface area is 98.6 Å². The molecule has 2 atom stereocenters. The van der Waals surface area contributed by atoms with E-state index in [-0.39, 0.29) is 6.61 Å². The first-order valence-corrected chi connectivity index (χ1v) is 5.31. The normalized spacial score (nSPS) is 15.6. The molecule has 0 aromatic heterocycles. The summed E-state index contributed by atoms with van der Waals surface area (Å²) in [5, 5.41) is 0. The van der Waals surface area contributed by atoms with E-state index in [2.05, 4.69) is 0 Å². The lowest BCUT2D eigenvalue weighted by Gasteiger charge is -2.19. The van der Waals surface area contributed by atoms with Crippen LogP contribution in [0.1, 0.15) is 24.1 Å². The molecule has 5 heteroatoms. The minimum absolute atomic E-state index is 0.149. The first-order valence-electron chi connectivity index (χ1n) is 5.31. The lowest BCUT2D eigenvalue weighted by Crippen LogP contribution is -2.31. The molecule has 0 saturated heterocycles. The number of ether oxygens (including phenoxy) is 1. The molecule has 0 fully saturated rings. The molecular formula is C12H16F3NO. The number of nitrogens with two attached hydrogens (primary N) is 1. The monoisotopic (exact) mass is 247 g/mol. The predicted molar refractivity (Wildman–Crippen MR) is 59.6 cm³/mol. The van der Waals surface area contributed by atoms with Crippen LogP contribution in [0.5, 0.6) is 0 Å². The van der Waals surface area contributed by atoms with Crippen LogP contribution in [-0.4, -0.2) is 18.9 Å². The number of hydrogen-bond donors (Lipinski definition) is 1. The second-order valence-corrected chi connectivity index (χ2v) is 4.03. The Hall–Kier alpha value is -1.07. The molecular weight excluding hydrogens is 231 g/mol. The molecule has 0 spiro atoms. The summed E-state index contributed by atoms with van der Waals surface area (Å²) in [5.74, 6) is 0. The quantitative estimate of drug-likeness (QED) is 0.887. The smallest absolute Gasteiger partial charge is 0.367 e. The van der Waals surface area contributed by atoms with Crippen molar-refractivity contribution in [1.29, 1.82) is 0 Å². The summed E-state index contributed by atoms with van der Waals surface area (Å²) < 4.78 is 41.3. The van der Waals surface area contributed by atoms with E-state index in [1.807, 2.05) is 19.1 Å². The minimum atomic E-state index is -4.34. The van der Waals surface area contributed by atoms with Gasteiger partial charge in [-0.3, -0.25) is 0 Å². The van der Waals surface area contributed by atoms with Gasteiger partial charge in [-0.1, -0.05) is 29.8 Å². The van der Waals surface area contributed by atoms with Gasteiger partial charge < -0.3 is 10.5 Å². The van der Waals surface area contributed by atoms with Crippen LogP contribution >= 0.6 is 0 Å². The zero-order valence-corrected chi connectivity index (χ0v) is 9.79. The van der Waals surface area contributed by atoms with E-state index in [4.69, 9.17) is 10.5 Å². The van der Waals surface area contributed by atoms with Crippen molar-refractivity contribution in [3.05, 3.63) is 35.4 Å². The van der Waals surface area contributed by atoms with E-state index < -0.39 is 18.3 Å². The molecule has 2 unspecified atom stereocenters.